The molecule has 0 heterocycles. The minimum Gasteiger partial charge on any atom is -0.497 e. The van der Waals surface area contributed by atoms with Gasteiger partial charge in [-0.15, -0.1) is 0 Å². The summed E-state index contributed by atoms with van der Waals surface area (Å²) < 4.78 is 9.95. The quantitative estimate of drug-likeness (QED) is 0.697. The number of aryl methyl sites for hydroxylation is 1. The third-order valence-electron chi connectivity index (χ3n) is 3.58. The molecule has 0 aliphatic rings. The van der Waals surface area contributed by atoms with Gasteiger partial charge in [0, 0.05) is 23.9 Å². The van der Waals surface area contributed by atoms with E-state index in [4.69, 9.17) is 9.47 Å². The van der Waals surface area contributed by atoms with E-state index >= 15 is 0 Å². The Morgan fingerprint density at radius 3 is 2.26 bits per heavy atom. The summed E-state index contributed by atoms with van der Waals surface area (Å²) >= 11 is 0. The maximum atomic E-state index is 11.9. The zero-order chi connectivity index (χ0) is 19.6. The fourth-order valence-electron chi connectivity index (χ4n) is 2.28. The second-order valence-corrected chi connectivity index (χ2v) is 5.86. The van der Waals surface area contributed by atoms with Crippen LogP contribution in [-0.4, -0.2) is 31.5 Å². The Morgan fingerprint density at radius 2 is 1.56 bits per heavy atom. The smallest absolute Gasteiger partial charge is 0.306 e. The molecule has 0 radical (unpaired) electrons. The number of hydrogen-bond donors (Lipinski definition) is 2. The van der Waals surface area contributed by atoms with Gasteiger partial charge >= 0.3 is 5.97 Å². The lowest BCUT2D eigenvalue weighted by Crippen LogP contribution is -2.21. The molecule has 0 unspecified atom stereocenters. The van der Waals surface area contributed by atoms with Gasteiger partial charge in [0.1, 0.15) is 5.75 Å². The molecule has 0 saturated heterocycles. The molecule has 0 bridgehead atoms. The van der Waals surface area contributed by atoms with Crippen LogP contribution in [0, 0.1) is 6.92 Å². The number of esters is 1. The molecule has 0 atom stereocenters. The number of ether oxygens (including phenoxy) is 2. The van der Waals surface area contributed by atoms with Crippen LogP contribution in [0.15, 0.2) is 48.5 Å². The van der Waals surface area contributed by atoms with Crippen molar-refractivity contribution in [3.8, 4) is 5.75 Å². The molecule has 142 valence electrons. The van der Waals surface area contributed by atoms with Crippen LogP contribution in [0.4, 0.5) is 11.4 Å². The second kappa shape index (κ2) is 9.96. The van der Waals surface area contributed by atoms with Crippen LogP contribution < -0.4 is 15.4 Å². The van der Waals surface area contributed by atoms with E-state index in [1.165, 1.54) is 7.11 Å². The molecular weight excluding hydrogens is 348 g/mol. The van der Waals surface area contributed by atoms with Crippen LogP contribution in [0.25, 0.3) is 0 Å². The molecule has 2 rings (SSSR count). The standard InChI is InChI=1S/C20H22N2O5/c1-14-5-3-6-15(11-14)21-18(23)9-10-20(25)27-13-19(24)22-16-7-4-8-17(12-16)26-2/h3-8,11-12H,9-10,13H2,1-2H3,(H,21,23)(H,22,24). The van der Waals surface area contributed by atoms with E-state index < -0.39 is 18.5 Å². The summed E-state index contributed by atoms with van der Waals surface area (Å²) in [7, 11) is 1.53. The first kappa shape index (κ1) is 20.0. The molecule has 2 aromatic rings. The monoisotopic (exact) mass is 370 g/mol. The van der Waals surface area contributed by atoms with Crippen LogP contribution in [-0.2, 0) is 19.1 Å². The van der Waals surface area contributed by atoms with Gasteiger partial charge in [-0.3, -0.25) is 14.4 Å². The number of benzene rings is 2. The summed E-state index contributed by atoms with van der Waals surface area (Å²) in [5, 5.41) is 5.31. The highest BCUT2D eigenvalue weighted by atomic mass is 16.5. The Morgan fingerprint density at radius 1 is 0.889 bits per heavy atom. The first-order valence-electron chi connectivity index (χ1n) is 8.42. The molecule has 2 N–H and O–H groups in total. The Hall–Kier alpha value is -3.35. The van der Waals surface area contributed by atoms with Gasteiger partial charge in [-0.2, -0.15) is 0 Å². The van der Waals surface area contributed by atoms with Crippen LogP contribution >= 0.6 is 0 Å². The SMILES string of the molecule is COc1cccc(NC(=O)COC(=O)CCC(=O)Nc2cccc(C)c2)c1. The summed E-state index contributed by atoms with van der Waals surface area (Å²) in [6.45, 7) is 1.50. The maximum absolute atomic E-state index is 11.9. The van der Waals surface area contributed by atoms with E-state index in [1.807, 2.05) is 25.1 Å². The molecule has 0 spiro atoms. The minimum atomic E-state index is -0.616. The third kappa shape index (κ3) is 7.19. The second-order valence-electron chi connectivity index (χ2n) is 5.86. The van der Waals surface area contributed by atoms with Gasteiger partial charge in [0.15, 0.2) is 6.61 Å². The molecule has 0 aliphatic carbocycles. The van der Waals surface area contributed by atoms with Crippen LogP contribution in [0.2, 0.25) is 0 Å². The predicted octanol–water partition coefficient (Wildman–Crippen LogP) is 2.90. The van der Waals surface area contributed by atoms with Crippen LogP contribution in [0.3, 0.4) is 0 Å². The third-order valence-corrected chi connectivity index (χ3v) is 3.58. The first-order valence-corrected chi connectivity index (χ1v) is 8.42. The minimum absolute atomic E-state index is 0.0235. The van der Waals surface area contributed by atoms with E-state index in [0.29, 0.717) is 17.1 Å². The molecule has 0 aliphatic heterocycles. The zero-order valence-electron chi connectivity index (χ0n) is 15.3. The van der Waals surface area contributed by atoms with Gasteiger partial charge in [-0.25, -0.2) is 0 Å². The van der Waals surface area contributed by atoms with E-state index in [9.17, 15) is 14.4 Å². The zero-order valence-corrected chi connectivity index (χ0v) is 15.3. The predicted molar refractivity (Wildman–Crippen MR) is 102 cm³/mol. The molecule has 0 saturated carbocycles. The Labute approximate surface area is 157 Å². The summed E-state index contributed by atoms with van der Waals surface area (Å²) in [6, 6.07) is 14.2. The van der Waals surface area contributed by atoms with E-state index in [1.54, 1.807) is 30.3 Å². The first-order chi connectivity index (χ1) is 13.0. The maximum Gasteiger partial charge on any atom is 0.306 e. The average molecular weight is 370 g/mol. The van der Waals surface area contributed by atoms with E-state index in [2.05, 4.69) is 10.6 Å². The van der Waals surface area contributed by atoms with Crippen molar-refractivity contribution in [3.05, 3.63) is 54.1 Å². The number of carbonyl (C=O) groups is 3. The van der Waals surface area contributed by atoms with Crippen LogP contribution in [0.1, 0.15) is 18.4 Å². The topological polar surface area (TPSA) is 93.7 Å². The number of carbonyl (C=O) groups excluding carboxylic acids is 3. The summed E-state index contributed by atoms with van der Waals surface area (Å²) in [6.07, 6.45) is -0.131. The fraction of sp³-hybridized carbons (Fsp3) is 0.250. The Balaban J connectivity index is 1.69. The van der Waals surface area contributed by atoms with Gasteiger partial charge in [-0.1, -0.05) is 18.2 Å². The fourth-order valence-corrected chi connectivity index (χ4v) is 2.28. The lowest BCUT2D eigenvalue weighted by atomic mass is 10.2. The van der Waals surface area contributed by atoms with Gasteiger partial charge in [0.25, 0.3) is 5.91 Å². The number of anilines is 2. The van der Waals surface area contributed by atoms with Gasteiger partial charge < -0.3 is 20.1 Å². The van der Waals surface area contributed by atoms with Crippen molar-refractivity contribution in [1.29, 1.82) is 0 Å². The molecule has 7 nitrogen and oxygen atoms in total. The van der Waals surface area contributed by atoms with Crippen molar-refractivity contribution in [2.45, 2.75) is 19.8 Å². The Kier molecular flexibility index (Phi) is 7.37. The van der Waals surface area contributed by atoms with Crippen molar-refractivity contribution < 1.29 is 23.9 Å². The van der Waals surface area contributed by atoms with E-state index in [0.717, 1.165) is 5.56 Å². The molecule has 0 fully saturated rings. The molecular formula is C20H22N2O5. The molecule has 7 heteroatoms. The summed E-state index contributed by atoms with van der Waals surface area (Å²) in [5.41, 5.74) is 2.23. The van der Waals surface area contributed by atoms with Gasteiger partial charge in [0.2, 0.25) is 5.91 Å². The molecule has 2 amide bonds. The van der Waals surface area contributed by atoms with E-state index in [-0.39, 0.29) is 18.7 Å². The van der Waals surface area contributed by atoms with Crippen molar-refractivity contribution >= 4 is 29.2 Å². The van der Waals surface area contributed by atoms with Crippen molar-refractivity contribution in [3.63, 3.8) is 0 Å². The molecule has 0 aromatic heterocycles. The summed E-state index contributed by atoms with van der Waals surface area (Å²) in [5.74, 6) is -0.779. The van der Waals surface area contributed by atoms with Crippen molar-refractivity contribution in [1.82, 2.24) is 0 Å². The highest BCUT2D eigenvalue weighted by Crippen LogP contribution is 2.16. The lowest BCUT2D eigenvalue weighted by molar-refractivity contribution is -0.147. The molecule has 2 aromatic carbocycles. The number of rotatable bonds is 8. The highest BCUT2D eigenvalue weighted by molar-refractivity contribution is 5.94. The number of amides is 2. The number of nitrogens with one attached hydrogen (secondary N) is 2. The molecule has 27 heavy (non-hydrogen) atoms. The van der Waals surface area contributed by atoms with Crippen molar-refractivity contribution in [2.24, 2.45) is 0 Å². The number of hydrogen-bond acceptors (Lipinski definition) is 5. The van der Waals surface area contributed by atoms with Gasteiger partial charge in [0.05, 0.1) is 13.5 Å². The average Bonchev–Trinajstić information content (AvgIpc) is 2.65. The number of methoxy groups -OCH3 is 1. The van der Waals surface area contributed by atoms with Crippen molar-refractivity contribution in [2.75, 3.05) is 24.4 Å². The normalized spacial score (nSPS) is 10.0. The van der Waals surface area contributed by atoms with Crippen LogP contribution in [0.5, 0.6) is 5.75 Å². The Bertz CT molecular complexity index is 820. The summed E-state index contributed by atoms with van der Waals surface area (Å²) in [4.78, 5) is 35.4. The van der Waals surface area contributed by atoms with Gasteiger partial charge in [-0.05, 0) is 36.8 Å². The lowest BCUT2D eigenvalue weighted by Gasteiger charge is -2.08. The highest BCUT2D eigenvalue weighted by Gasteiger charge is 2.11. The largest absolute Gasteiger partial charge is 0.497 e.